The van der Waals surface area contributed by atoms with E-state index < -0.39 is 12.0 Å². The fraction of sp³-hybridized carbons (Fsp3) is 0.375. The summed E-state index contributed by atoms with van der Waals surface area (Å²) in [7, 11) is 0. The Kier molecular flexibility index (Phi) is 4.09. The summed E-state index contributed by atoms with van der Waals surface area (Å²) in [6.45, 7) is 2.37. The fourth-order valence-corrected chi connectivity index (χ4v) is 2.60. The summed E-state index contributed by atoms with van der Waals surface area (Å²) in [6, 6.07) is 7.15. The normalized spacial score (nSPS) is 19.7. The lowest BCUT2D eigenvalue weighted by Gasteiger charge is -2.27. The zero-order valence-electron chi connectivity index (χ0n) is 11.4. The number of hydrogen-bond donors (Lipinski definition) is 1. The fourth-order valence-electron chi connectivity index (χ4n) is 2.60. The van der Waals surface area contributed by atoms with Gasteiger partial charge in [0.1, 0.15) is 0 Å². The first-order valence-corrected chi connectivity index (χ1v) is 6.55. The van der Waals surface area contributed by atoms with Crippen molar-refractivity contribution in [3.05, 3.63) is 35.4 Å². The molecule has 1 amide bonds. The van der Waals surface area contributed by atoms with Crippen LogP contribution in [0.3, 0.4) is 0 Å². The Labute approximate surface area is 118 Å². The molecule has 1 saturated heterocycles. The third kappa shape index (κ3) is 3.00. The van der Waals surface area contributed by atoms with E-state index in [4.69, 9.17) is 11.5 Å². The highest BCUT2D eigenvalue weighted by atomic mass is 16.4. The van der Waals surface area contributed by atoms with Crippen molar-refractivity contribution < 1.29 is 14.7 Å². The molecule has 0 aromatic heterocycles. The summed E-state index contributed by atoms with van der Waals surface area (Å²) in [5, 5.41) is 9.11. The minimum atomic E-state index is -0.923. The van der Waals surface area contributed by atoms with Crippen molar-refractivity contribution >= 4 is 11.9 Å². The van der Waals surface area contributed by atoms with E-state index in [-0.39, 0.29) is 18.2 Å². The van der Waals surface area contributed by atoms with E-state index in [2.05, 4.69) is 5.92 Å². The molecule has 0 saturated carbocycles. The molecule has 4 nitrogen and oxygen atoms in total. The van der Waals surface area contributed by atoms with Crippen LogP contribution in [0.5, 0.6) is 0 Å². The Morgan fingerprint density at radius 3 is 2.90 bits per heavy atom. The van der Waals surface area contributed by atoms with Crippen molar-refractivity contribution in [3.8, 4) is 12.3 Å². The van der Waals surface area contributed by atoms with Gasteiger partial charge in [-0.15, -0.1) is 12.3 Å². The number of rotatable bonds is 4. The molecule has 0 spiro atoms. The monoisotopic (exact) mass is 271 g/mol. The van der Waals surface area contributed by atoms with Crippen LogP contribution >= 0.6 is 0 Å². The highest BCUT2D eigenvalue weighted by Crippen LogP contribution is 2.31. The number of carbonyl (C=O) groups is 2. The average molecular weight is 271 g/mol. The van der Waals surface area contributed by atoms with Gasteiger partial charge in [0.2, 0.25) is 5.91 Å². The Hall–Kier alpha value is -2.28. The van der Waals surface area contributed by atoms with E-state index in [1.807, 2.05) is 31.2 Å². The van der Waals surface area contributed by atoms with Crippen LogP contribution in [0.2, 0.25) is 0 Å². The molecular formula is C16H17NO3. The van der Waals surface area contributed by atoms with Crippen molar-refractivity contribution in [2.24, 2.45) is 5.92 Å². The zero-order chi connectivity index (χ0) is 14.7. The minimum absolute atomic E-state index is 0.0688. The molecule has 1 aliphatic heterocycles. The third-order valence-electron chi connectivity index (χ3n) is 3.57. The molecule has 1 aromatic carbocycles. The third-order valence-corrected chi connectivity index (χ3v) is 3.57. The second-order valence-corrected chi connectivity index (χ2v) is 5.14. The number of aryl methyl sites for hydroxylation is 1. The summed E-state index contributed by atoms with van der Waals surface area (Å²) in [4.78, 5) is 24.8. The van der Waals surface area contributed by atoms with E-state index in [0.717, 1.165) is 11.1 Å². The van der Waals surface area contributed by atoms with Gasteiger partial charge in [-0.1, -0.05) is 29.8 Å². The van der Waals surface area contributed by atoms with Gasteiger partial charge < -0.3 is 10.0 Å². The number of hydrogen-bond acceptors (Lipinski definition) is 2. The van der Waals surface area contributed by atoms with Crippen molar-refractivity contribution in [1.29, 1.82) is 0 Å². The minimum Gasteiger partial charge on any atom is -0.481 e. The predicted molar refractivity (Wildman–Crippen MR) is 74.8 cm³/mol. The Morgan fingerprint density at radius 1 is 1.60 bits per heavy atom. The quantitative estimate of drug-likeness (QED) is 0.852. The lowest BCUT2D eigenvalue weighted by atomic mass is 10.0. The molecule has 2 rings (SSSR count). The van der Waals surface area contributed by atoms with E-state index in [1.54, 1.807) is 4.90 Å². The molecule has 1 N–H and O–H groups in total. The molecule has 0 aliphatic carbocycles. The number of aliphatic carboxylic acids is 1. The van der Waals surface area contributed by atoms with Gasteiger partial charge in [-0.25, -0.2) is 0 Å². The van der Waals surface area contributed by atoms with Crippen LogP contribution < -0.4 is 0 Å². The van der Waals surface area contributed by atoms with Crippen LogP contribution in [-0.2, 0) is 9.59 Å². The molecular weight excluding hydrogens is 254 g/mol. The topological polar surface area (TPSA) is 57.6 Å². The summed E-state index contributed by atoms with van der Waals surface area (Å²) in [6.07, 6.45) is 5.58. The predicted octanol–water partition coefficient (Wildman–Crippen LogP) is 1.99. The van der Waals surface area contributed by atoms with Gasteiger partial charge in [-0.3, -0.25) is 9.59 Å². The van der Waals surface area contributed by atoms with Gasteiger partial charge in [0.15, 0.2) is 0 Å². The lowest BCUT2D eigenvalue weighted by molar-refractivity contribution is -0.139. The Bertz CT molecular complexity index is 573. The Balaban J connectivity index is 2.31. The molecule has 0 radical (unpaired) electrons. The largest absolute Gasteiger partial charge is 0.481 e. The number of carbonyl (C=O) groups excluding carboxylic acids is 1. The maximum atomic E-state index is 12.1. The van der Waals surface area contributed by atoms with E-state index in [1.165, 1.54) is 0 Å². The second kappa shape index (κ2) is 5.79. The summed E-state index contributed by atoms with van der Waals surface area (Å²) in [5.74, 6) is 1.47. The van der Waals surface area contributed by atoms with Gasteiger partial charge in [0.25, 0.3) is 0 Å². The van der Waals surface area contributed by atoms with Crippen molar-refractivity contribution in [2.45, 2.75) is 25.8 Å². The summed E-state index contributed by atoms with van der Waals surface area (Å²) in [5.41, 5.74) is 1.89. The second-order valence-electron chi connectivity index (χ2n) is 5.14. The van der Waals surface area contributed by atoms with Crippen LogP contribution in [0.4, 0.5) is 0 Å². The molecule has 1 fully saturated rings. The first-order valence-electron chi connectivity index (χ1n) is 6.55. The maximum absolute atomic E-state index is 12.1. The molecule has 4 heteroatoms. The average Bonchev–Trinajstić information content (AvgIpc) is 2.77. The summed E-state index contributed by atoms with van der Waals surface area (Å²) >= 11 is 0. The molecule has 0 bridgehead atoms. The summed E-state index contributed by atoms with van der Waals surface area (Å²) < 4.78 is 0. The van der Waals surface area contributed by atoms with E-state index in [0.29, 0.717) is 13.0 Å². The van der Waals surface area contributed by atoms with Crippen LogP contribution in [0.15, 0.2) is 24.3 Å². The Morgan fingerprint density at radius 2 is 2.35 bits per heavy atom. The van der Waals surface area contributed by atoms with Crippen molar-refractivity contribution in [3.63, 3.8) is 0 Å². The molecule has 1 aliphatic rings. The van der Waals surface area contributed by atoms with Gasteiger partial charge in [0.05, 0.1) is 12.5 Å². The highest BCUT2D eigenvalue weighted by molar-refractivity contribution is 5.80. The van der Waals surface area contributed by atoms with Crippen LogP contribution in [0, 0.1) is 25.2 Å². The molecule has 20 heavy (non-hydrogen) atoms. The van der Waals surface area contributed by atoms with E-state index >= 15 is 0 Å². The highest BCUT2D eigenvalue weighted by Gasteiger charge is 2.35. The zero-order valence-corrected chi connectivity index (χ0v) is 11.4. The number of terminal acetylenes is 1. The molecule has 2 atom stereocenters. The number of likely N-dealkylation sites (tertiary alicyclic amines) is 1. The standard InChI is InChI=1S/C16H17NO3/c1-3-12-8-15(18)17(10-12)14(9-16(19)20)13-6-4-5-11(2)7-13/h1,4-7,12,14H,8-10H2,2H3,(H,19,20). The van der Waals surface area contributed by atoms with Crippen molar-refractivity contribution in [2.75, 3.05) is 6.54 Å². The smallest absolute Gasteiger partial charge is 0.305 e. The molecule has 104 valence electrons. The molecule has 1 aromatic rings. The van der Waals surface area contributed by atoms with Crippen LogP contribution in [0.1, 0.15) is 30.0 Å². The molecule has 2 unspecified atom stereocenters. The van der Waals surface area contributed by atoms with Gasteiger partial charge in [0, 0.05) is 18.9 Å². The number of carboxylic acids is 1. The first-order chi connectivity index (χ1) is 9.51. The first kappa shape index (κ1) is 14.1. The maximum Gasteiger partial charge on any atom is 0.305 e. The number of amides is 1. The lowest BCUT2D eigenvalue weighted by Crippen LogP contribution is -2.32. The number of benzene rings is 1. The SMILES string of the molecule is C#CC1CC(=O)N(C(CC(=O)O)c2cccc(C)c2)C1. The van der Waals surface area contributed by atoms with Crippen LogP contribution in [0.25, 0.3) is 0 Å². The van der Waals surface area contributed by atoms with Gasteiger partial charge >= 0.3 is 5.97 Å². The van der Waals surface area contributed by atoms with Gasteiger partial charge in [-0.05, 0) is 12.5 Å². The van der Waals surface area contributed by atoms with Gasteiger partial charge in [-0.2, -0.15) is 0 Å². The number of carboxylic acid groups (broad SMARTS) is 1. The van der Waals surface area contributed by atoms with E-state index in [9.17, 15) is 9.59 Å². The molecule has 1 heterocycles. The number of nitrogens with zero attached hydrogens (tertiary/aromatic N) is 1. The van der Waals surface area contributed by atoms with Crippen LogP contribution in [-0.4, -0.2) is 28.4 Å². The van der Waals surface area contributed by atoms with Crippen molar-refractivity contribution in [1.82, 2.24) is 4.90 Å².